The number of ether oxygens (including phenoxy) is 5. The molecule has 0 N–H and O–H groups in total. The number of carbonyl (C=O) groups is 2. The minimum absolute atomic E-state index is 0.0436. The molecule has 0 saturated carbocycles. The largest absolute Gasteiger partial charge is 0.493 e. The van der Waals surface area contributed by atoms with Crippen LogP contribution in [-0.4, -0.2) is 52.6 Å². The first-order valence-electron chi connectivity index (χ1n) is 12.0. The van der Waals surface area contributed by atoms with Crippen molar-refractivity contribution < 1.29 is 33.3 Å². The molecular formula is C29H28O8S4. The summed E-state index contributed by atoms with van der Waals surface area (Å²) in [6.45, 7) is 0.176. The van der Waals surface area contributed by atoms with Gasteiger partial charge in [-0.05, 0) is 59.0 Å². The summed E-state index contributed by atoms with van der Waals surface area (Å²) in [5, 5.41) is 1.66. The maximum absolute atomic E-state index is 12.3. The van der Waals surface area contributed by atoms with Crippen molar-refractivity contribution in [3.63, 3.8) is 0 Å². The molecule has 0 radical (unpaired) electrons. The molecule has 0 unspecified atom stereocenters. The van der Waals surface area contributed by atoms with Crippen molar-refractivity contribution in [3.05, 3.63) is 80.0 Å². The van der Waals surface area contributed by atoms with Crippen LogP contribution >= 0.6 is 46.2 Å². The van der Waals surface area contributed by atoms with Crippen LogP contribution in [0, 0.1) is 0 Å². The van der Waals surface area contributed by atoms with E-state index in [9.17, 15) is 14.4 Å². The average Bonchev–Trinajstić information content (AvgIpc) is 3.35. The summed E-state index contributed by atoms with van der Waals surface area (Å²) in [5.41, 5.74) is 1.56. The topological polar surface area (TPSA) is 97.4 Å². The molecular weight excluding hydrogens is 605 g/mol. The minimum Gasteiger partial charge on any atom is -0.493 e. The van der Waals surface area contributed by atoms with E-state index in [0.717, 1.165) is 42.2 Å². The van der Waals surface area contributed by atoms with Crippen LogP contribution in [0.25, 0.3) is 12.2 Å². The molecule has 1 heterocycles. The number of esters is 1. The number of allylic oxidation sites excluding steroid dienone is 2. The second-order valence-corrected chi connectivity index (χ2v) is 12.5. The van der Waals surface area contributed by atoms with E-state index in [1.165, 1.54) is 41.8 Å². The molecule has 0 bridgehead atoms. The molecule has 0 saturated heterocycles. The quantitative estimate of drug-likeness (QED) is 0.0806. The van der Waals surface area contributed by atoms with E-state index in [1.54, 1.807) is 76.3 Å². The molecule has 0 aliphatic heterocycles. The number of benzene rings is 2. The SMILES string of the molecule is COc1ccc(C=CC(=O)C=CSc2sc(=O)sc2SCCOC(=O)C=Cc2ccc(OC)c(OC)c2)cc1OC. The summed E-state index contributed by atoms with van der Waals surface area (Å²) in [6.07, 6.45) is 7.56. The van der Waals surface area contributed by atoms with Crippen LogP contribution in [0.2, 0.25) is 0 Å². The van der Waals surface area contributed by atoms with Gasteiger partial charge in [-0.2, -0.15) is 0 Å². The lowest BCUT2D eigenvalue weighted by Gasteiger charge is -2.07. The van der Waals surface area contributed by atoms with Crippen molar-refractivity contribution >= 4 is 70.1 Å². The van der Waals surface area contributed by atoms with Crippen LogP contribution in [0.4, 0.5) is 0 Å². The number of hydrogen-bond acceptors (Lipinski definition) is 12. The highest BCUT2D eigenvalue weighted by Gasteiger charge is 2.10. The fourth-order valence-corrected chi connectivity index (χ4v) is 8.00. The van der Waals surface area contributed by atoms with Gasteiger partial charge in [0.15, 0.2) is 28.8 Å². The van der Waals surface area contributed by atoms with Crippen LogP contribution in [0.3, 0.4) is 0 Å². The van der Waals surface area contributed by atoms with Crippen LogP contribution in [-0.2, 0) is 14.3 Å². The number of ketones is 1. The molecule has 0 amide bonds. The number of methoxy groups -OCH3 is 4. The van der Waals surface area contributed by atoms with Gasteiger partial charge in [0.2, 0.25) is 0 Å². The van der Waals surface area contributed by atoms with Gasteiger partial charge in [-0.25, -0.2) is 4.79 Å². The monoisotopic (exact) mass is 632 g/mol. The third-order valence-electron chi connectivity index (χ3n) is 5.15. The predicted molar refractivity (Wildman–Crippen MR) is 167 cm³/mol. The Morgan fingerprint density at radius 2 is 1.32 bits per heavy atom. The molecule has 1 aromatic heterocycles. The predicted octanol–water partition coefficient (Wildman–Crippen LogP) is 6.44. The summed E-state index contributed by atoms with van der Waals surface area (Å²) >= 11 is 4.98. The zero-order valence-corrected chi connectivity index (χ0v) is 26.0. The van der Waals surface area contributed by atoms with E-state index in [1.807, 2.05) is 6.07 Å². The second kappa shape index (κ2) is 16.7. The molecule has 41 heavy (non-hydrogen) atoms. The van der Waals surface area contributed by atoms with E-state index in [0.29, 0.717) is 28.8 Å². The normalized spacial score (nSPS) is 11.3. The Labute approximate surface area is 254 Å². The molecule has 0 spiro atoms. The molecule has 0 fully saturated rings. The summed E-state index contributed by atoms with van der Waals surface area (Å²) in [5.74, 6) is 2.15. The van der Waals surface area contributed by atoms with Gasteiger partial charge in [0.1, 0.15) is 6.61 Å². The smallest absolute Gasteiger partial charge is 0.330 e. The average molecular weight is 633 g/mol. The van der Waals surface area contributed by atoms with E-state index in [4.69, 9.17) is 23.7 Å². The van der Waals surface area contributed by atoms with Gasteiger partial charge in [-0.1, -0.05) is 52.6 Å². The molecule has 3 aromatic rings. The summed E-state index contributed by atoms with van der Waals surface area (Å²) in [7, 11) is 6.21. The maximum atomic E-state index is 12.3. The third-order valence-corrected chi connectivity index (χ3v) is 9.95. The number of carbonyl (C=O) groups excluding carboxylic acids is 2. The lowest BCUT2D eigenvalue weighted by Crippen LogP contribution is -2.03. The number of rotatable bonds is 15. The summed E-state index contributed by atoms with van der Waals surface area (Å²) < 4.78 is 27.8. The van der Waals surface area contributed by atoms with E-state index in [2.05, 4.69) is 0 Å². The van der Waals surface area contributed by atoms with Crippen LogP contribution in [0.1, 0.15) is 11.1 Å². The van der Waals surface area contributed by atoms with E-state index < -0.39 is 5.97 Å². The zero-order valence-electron chi connectivity index (χ0n) is 22.7. The fourth-order valence-electron chi connectivity index (χ4n) is 3.21. The van der Waals surface area contributed by atoms with Gasteiger partial charge in [0.05, 0.1) is 36.9 Å². The Balaban J connectivity index is 1.46. The van der Waals surface area contributed by atoms with Crippen molar-refractivity contribution in [3.8, 4) is 23.0 Å². The first kappa shape index (κ1) is 32.1. The third kappa shape index (κ3) is 10.2. The lowest BCUT2D eigenvalue weighted by molar-refractivity contribution is -0.137. The second-order valence-electron chi connectivity index (χ2n) is 7.76. The van der Waals surface area contributed by atoms with Gasteiger partial charge in [-0.15, -0.1) is 11.8 Å². The van der Waals surface area contributed by atoms with E-state index >= 15 is 0 Å². The van der Waals surface area contributed by atoms with E-state index in [-0.39, 0.29) is 16.4 Å². The van der Waals surface area contributed by atoms with Crippen LogP contribution in [0.15, 0.2) is 73.2 Å². The minimum atomic E-state index is -0.476. The molecule has 12 heteroatoms. The van der Waals surface area contributed by atoms with Crippen LogP contribution in [0.5, 0.6) is 23.0 Å². The highest BCUT2D eigenvalue weighted by molar-refractivity contribution is 8.06. The first-order chi connectivity index (χ1) is 19.9. The zero-order chi connectivity index (χ0) is 29.6. The standard InChI is InChI=1S/C29H28O8S4/c1-33-22-10-6-19(17-24(22)35-3)5-9-21(30)13-15-38-27-28(41-29(32)40-27)39-16-14-37-26(31)12-8-20-7-11-23(34-2)25(18-20)36-4/h5-13,15,17-18H,14,16H2,1-4H3. The summed E-state index contributed by atoms with van der Waals surface area (Å²) in [6, 6.07) is 10.7. The van der Waals surface area contributed by atoms with Gasteiger partial charge in [-0.3, -0.25) is 9.59 Å². The van der Waals surface area contributed by atoms with Gasteiger partial charge in [0.25, 0.3) is 4.06 Å². The van der Waals surface area contributed by atoms with Crippen LogP contribution < -0.4 is 23.0 Å². The molecule has 3 rings (SSSR count). The van der Waals surface area contributed by atoms with Gasteiger partial charge < -0.3 is 23.7 Å². The van der Waals surface area contributed by atoms with Crippen molar-refractivity contribution in [2.24, 2.45) is 0 Å². The Bertz CT molecular complexity index is 1490. The Morgan fingerprint density at radius 1 is 0.756 bits per heavy atom. The lowest BCUT2D eigenvalue weighted by atomic mass is 10.1. The molecule has 0 aliphatic rings. The van der Waals surface area contributed by atoms with Crippen molar-refractivity contribution in [2.75, 3.05) is 40.8 Å². The van der Waals surface area contributed by atoms with Crippen molar-refractivity contribution in [1.82, 2.24) is 0 Å². The Morgan fingerprint density at radius 3 is 1.90 bits per heavy atom. The van der Waals surface area contributed by atoms with Gasteiger partial charge in [0, 0.05) is 11.8 Å². The van der Waals surface area contributed by atoms with Gasteiger partial charge >= 0.3 is 5.97 Å². The molecule has 216 valence electrons. The molecule has 2 aromatic carbocycles. The molecule has 0 aliphatic carbocycles. The number of thioether (sulfide) groups is 2. The van der Waals surface area contributed by atoms with Crippen molar-refractivity contribution in [1.29, 1.82) is 0 Å². The number of hydrogen-bond donors (Lipinski definition) is 0. The Kier molecular flexibility index (Phi) is 13.1. The summed E-state index contributed by atoms with van der Waals surface area (Å²) in [4.78, 5) is 36.4. The highest BCUT2D eigenvalue weighted by Crippen LogP contribution is 2.37. The van der Waals surface area contributed by atoms with Crippen molar-refractivity contribution in [2.45, 2.75) is 8.42 Å². The molecule has 8 nitrogen and oxygen atoms in total. The fraction of sp³-hybridized carbons (Fsp3) is 0.207. The molecule has 0 atom stereocenters. The Hall–Kier alpha value is -3.45. The maximum Gasteiger partial charge on any atom is 0.330 e. The highest BCUT2D eigenvalue weighted by atomic mass is 32.2. The first-order valence-corrected chi connectivity index (χ1v) is 15.5.